The number of rotatable bonds is 5. The molecule has 0 aliphatic carbocycles. The molecule has 1 unspecified atom stereocenters. The van der Waals surface area contributed by atoms with Crippen LogP contribution >= 0.6 is 0 Å². The smallest absolute Gasteiger partial charge is 0.247 e. The van der Waals surface area contributed by atoms with Crippen LogP contribution in [0.4, 0.5) is 0 Å². The molecule has 0 amide bonds. The van der Waals surface area contributed by atoms with Crippen molar-refractivity contribution in [3.05, 3.63) is 60.2 Å². The zero-order valence-corrected chi connectivity index (χ0v) is 14.0. The van der Waals surface area contributed by atoms with Gasteiger partial charge in [0.1, 0.15) is 10.6 Å². The molecule has 0 aromatic heterocycles. The van der Waals surface area contributed by atoms with Gasteiger partial charge >= 0.3 is 0 Å². The van der Waals surface area contributed by atoms with Gasteiger partial charge in [0.2, 0.25) is 10.0 Å². The maximum Gasteiger partial charge on any atom is 0.247 e. The van der Waals surface area contributed by atoms with Crippen molar-refractivity contribution < 1.29 is 13.2 Å². The molecule has 3 rings (SSSR count). The van der Waals surface area contributed by atoms with Crippen LogP contribution in [0.1, 0.15) is 18.4 Å². The van der Waals surface area contributed by atoms with Gasteiger partial charge in [-0.1, -0.05) is 42.5 Å². The fourth-order valence-corrected chi connectivity index (χ4v) is 5.02. The van der Waals surface area contributed by atoms with Gasteiger partial charge in [0.05, 0.1) is 7.11 Å². The summed E-state index contributed by atoms with van der Waals surface area (Å²) in [4.78, 5) is 0.252. The van der Waals surface area contributed by atoms with Crippen LogP contribution in [0, 0.1) is 0 Å². The standard InChI is InChI=1S/C18H21NO3S/c1-22-17-11-5-6-12-18(17)23(20,21)19-13-7-10-16(19)14-15-8-3-2-4-9-15/h2-6,8-9,11-12,16H,7,10,13-14H2,1H3. The molecule has 2 aromatic rings. The summed E-state index contributed by atoms with van der Waals surface area (Å²) in [6.07, 6.45) is 2.53. The normalized spacial score (nSPS) is 18.9. The van der Waals surface area contributed by atoms with Crippen LogP contribution in [0.25, 0.3) is 0 Å². The first-order valence-electron chi connectivity index (χ1n) is 7.81. The van der Waals surface area contributed by atoms with E-state index in [1.165, 1.54) is 12.7 Å². The minimum Gasteiger partial charge on any atom is -0.495 e. The Bertz CT molecular complexity index is 759. The zero-order valence-electron chi connectivity index (χ0n) is 13.2. The largest absolute Gasteiger partial charge is 0.495 e. The molecule has 0 N–H and O–H groups in total. The quantitative estimate of drug-likeness (QED) is 0.846. The molecule has 0 spiro atoms. The summed E-state index contributed by atoms with van der Waals surface area (Å²) in [5.41, 5.74) is 1.17. The second-order valence-electron chi connectivity index (χ2n) is 5.75. The Hall–Kier alpha value is -1.85. The lowest BCUT2D eigenvalue weighted by Gasteiger charge is -2.25. The van der Waals surface area contributed by atoms with Gasteiger partial charge in [0, 0.05) is 12.6 Å². The average Bonchev–Trinajstić information content (AvgIpc) is 3.04. The van der Waals surface area contributed by atoms with E-state index in [4.69, 9.17) is 4.74 Å². The van der Waals surface area contributed by atoms with Crippen LogP contribution < -0.4 is 4.74 Å². The second-order valence-corrected chi connectivity index (χ2v) is 7.61. The van der Waals surface area contributed by atoms with Gasteiger partial charge in [-0.05, 0) is 37.0 Å². The highest BCUT2D eigenvalue weighted by molar-refractivity contribution is 7.89. The number of methoxy groups -OCH3 is 1. The molecule has 1 aliphatic rings. The molecule has 1 atom stereocenters. The molecule has 4 nitrogen and oxygen atoms in total. The number of nitrogens with zero attached hydrogens (tertiary/aromatic N) is 1. The number of sulfonamides is 1. The number of hydrogen-bond acceptors (Lipinski definition) is 3. The van der Waals surface area contributed by atoms with Crippen LogP contribution in [0.3, 0.4) is 0 Å². The number of para-hydroxylation sites is 1. The zero-order chi connectivity index (χ0) is 16.3. The Balaban J connectivity index is 1.89. The van der Waals surface area contributed by atoms with Crippen LogP contribution in [-0.4, -0.2) is 32.4 Å². The number of ether oxygens (including phenoxy) is 1. The topological polar surface area (TPSA) is 46.6 Å². The molecule has 1 aliphatic heterocycles. The predicted octanol–water partition coefficient (Wildman–Crippen LogP) is 3.09. The van der Waals surface area contributed by atoms with Crippen LogP contribution in [0.2, 0.25) is 0 Å². The molecular weight excluding hydrogens is 310 g/mol. The first kappa shape index (κ1) is 16.0. The summed E-state index contributed by atoms with van der Waals surface area (Å²) in [7, 11) is -2.04. The summed E-state index contributed by atoms with van der Waals surface area (Å²) >= 11 is 0. The van der Waals surface area contributed by atoms with Crippen LogP contribution in [-0.2, 0) is 16.4 Å². The average molecular weight is 331 g/mol. The SMILES string of the molecule is COc1ccccc1S(=O)(=O)N1CCCC1Cc1ccccc1. The van der Waals surface area contributed by atoms with Crippen molar-refractivity contribution in [2.24, 2.45) is 0 Å². The lowest BCUT2D eigenvalue weighted by molar-refractivity contribution is 0.374. The minimum absolute atomic E-state index is 0.00677. The molecule has 0 bridgehead atoms. The second kappa shape index (κ2) is 6.72. The monoisotopic (exact) mass is 331 g/mol. The summed E-state index contributed by atoms with van der Waals surface area (Å²) in [5, 5.41) is 0. The molecule has 1 fully saturated rings. The Kier molecular flexibility index (Phi) is 4.68. The van der Waals surface area contributed by atoms with Crippen molar-refractivity contribution in [2.75, 3.05) is 13.7 Å². The Labute approximate surface area is 137 Å². The maximum atomic E-state index is 13.1. The highest BCUT2D eigenvalue weighted by Gasteiger charge is 2.36. The molecule has 2 aromatic carbocycles. The highest BCUT2D eigenvalue weighted by Crippen LogP contribution is 2.32. The molecular formula is C18H21NO3S. The number of benzene rings is 2. The van der Waals surface area contributed by atoms with Gasteiger partial charge < -0.3 is 4.74 Å². The molecule has 5 heteroatoms. The summed E-state index contributed by atoms with van der Waals surface area (Å²) < 4.78 is 33.0. The third kappa shape index (κ3) is 3.26. The highest BCUT2D eigenvalue weighted by atomic mass is 32.2. The molecule has 0 radical (unpaired) electrons. The van der Waals surface area contributed by atoms with Crippen molar-refractivity contribution in [3.63, 3.8) is 0 Å². The van der Waals surface area contributed by atoms with E-state index in [-0.39, 0.29) is 10.9 Å². The van der Waals surface area contributed by atoms with Crippen molar-refractivity contribution in [1.82, 2.24) is 4.31 Å². The Morgan fingerprint density at radius 1 is 1.09 bits per heavy atom. The summed E-state index contributed by atoms with van der Waals surface area (Å²) in [6.45, 7) is 0.567. The van der Waals surface area contributed by atoms with Crippen molar-refractivity contribution in [2.45, 2.75) is 30.2 Å². The van der Waals surface area contributed by atoms with E-state index in [1.807, 2.05) is 30.3 Å². The lowest BCUT2D eigenvalue weighted by atomic mass is 10.1. The van der Waals surface area contributed by atoms with Gasteiger partial charge in [-0.3, -0.25) is 0 Å². The van der Waals surface area contributed by atoms with Gasteiger partial charge in [-0.15, -0.1) is 0 Å². The minimum atomic E-state index is -3.54. The Morgan fingerprint density at radius 2 is 1.78 bits per heavy atom. The molecule has 1 saturated heterocycles. The van der Waals surface area contributed by atoms with E-state index in [9.17, 15) is 8.42 Å². The predicted molar refractivity (Wildman–Crippen MR) is 90.1 cm³/mol. The van der Waals surface area contributed by atoms with E-state index in [0.29, 0.717) is 12.3 Å². The van der Waals surface area contributed by atoms with Crippen molar-refractivity contribution >= 4 is 10.0 Å². The Morgan fingerprint density at radius 3 is 2.52 bits per heavy atom. The van der Waals surface area contributed by atoms with E-state index in [2.05, 4.69) is 0 Å². The van der Waals surface area contributed by atoms with Crippen LogP contribution in [0.5, 0.6) is 5.75 Å². The van der Waals surface area contributed by atoms with E-state index in [1.54, 1.807) is 28.6 Å². The molecule has 122 valence electrons. The van der Waals surface area contributed by atoms with E-state index >= 15 is 0 Å². The molecule has 0 saturated carbocycles. The van der Waals surface area contributed by atoms with E-state index in [0.717, 1.165) is 19.3 Å². The molecule has 1 heterocycles. The first-order chi connectivity index (χ1) is 11.1. The first-order valence-corrected chi connectivity index (χ1v) is 9.25. The lowest BCUT2D eigenvalue weighted by Crippen LogP contribution is -2.37. The van der Waals surface area contributed by atoms with Crippen molar-refractivity contribution in [3.8, 4) is 5.75 Å². The summed E-state index contributed by atoms with van der Waals surface area (Å²) in [5.74, 6) is 0.401. The van der Waals surface area contributed by atoms with Gasteiger partial charge in [0.25, 0.3) is 0 Å². The fourth-order valence-electron chi connectivity index (χ4n) is 3.17. The van der Waals surface area contributed by atoms with E-state index < -0.39 is 10.0 Å². The fraction of sp³-hybridized carbons (Fsp3) is 0.333. The third-order valence-corrected chi connectivity index (χ3v) is 6.28. The maximum absolute atomic E-state index is 13.1. The molecule has 23 heavy (non-hydrogen) atoms. The van der Waals surface area contributed by atoms with Gasteiger partial charge in [-0.25, -0.2) is 8.42 Å². The third-order valence-electron chi connectivity index (χ3n) is 4.29. The van der Waals surface area contributed by atoms with Crippen molar-refractivity contribution in [1.29, 1.82) is 0 Å². The van der Waals surface area contributed by atoms with Gasteiger partial charge in [-0.2, -0.15) is 4.31 Å². The van der Waals surface area contributed by atoms with Gasteiger partial charge in [0.15, 0.2) is 0 Å². The number of hydrogen-bond donors (Lipinski definition) is 0. The summed E-state index contributed by atoms with van der Waals surface area (Å²) in [6, 6.07) is 16.9. The van der Waals surface area contributed by atoms with Crippen LogP contribution in [0.15, 0.2) is 59.5 Å².